The highest BCUT2D eigenvalue weighted by Crippen LogP contribution is 2.36. The van der Waals surface area contributed by atoms with Crippen molar-refractivity contribution in [2.24, 2.45) is 5.41 Å². The molecule has 0 aliphatic carbocycles. The minimum atomic E-state index is -0.699. The first kappa shape index (κ1) is 21.4. The summed E-state index contributed by atoms with van der Waals surface area (Å²) in [6.45, 7) is 10.0. The Morgan fingerprint density at radius 2 is 1.93 bits per heavy atom. The number of likely N-dealkylation sites (tertiary alicyclic amines) is 1. The number of carbonyl (C=O) groups excluding carboxylic acids is 2. The molecule has 0 unspecified atom stereocenters. The zero-order chi connectivity index (χ0) is 20.1. The Morgan fingerprint density at radius 3 is 2.52 bits per heavy atom. The Bertz CT molecular complexity index is 641. The lowest BCUT2D eigenvalue weighted by molar-refractivity contribution is -0.160. The topological polar surface area (TPSA) is 67.9 Å². The van der Waals surface area contributed by atoms with Gasteiger partial charge in [-0.1, -0.05) is 30.3 Å². The number of nitrogens with zero attached hydrogens (tertiary/aromatic N) is 1. The van der Waals surface area contributed by atoms with Gasteiger partial charge in [0.1, 0.15) is 11.6 Å². The molecule has 0 saturated carbocycles. The second-order valence-electron chi connectivity index (χ2n) is 8.44. The highest BCUT2D eigenvalue weighted by Gasteiger charge is 2.50. The molecular weight excluding hydrogens is 344 g/mol. The Kier molecular flexibility index (Phi) is 7.00. The van der Waals surface area contributed by atoms with Crippen molar-refractivity contribution in [1.29, 1.82) is 0 Å². The second-order valence-corrected chi connectivity index (χ2v) is 8.44. The van der Waals surface area contributed by atoms with E-state index in [4.69, 9.17) is 9.47 Å². The monoisotopic (exact) mass is 376 g/mol. The molecule has 0 spiro atoms. The quantitative estimate of drug-likeness (QED) is 0.582. The first-order chi connectivity index (χ1) is 12.6. The fraction of sp³-hybridized carbons (Fsp3) is 0.619. The summed E-state index contributed by atoms with van der Waals surface area (Å²) < 4.78 is 10.5. The lowest BCUT2D eigenvalue weighted by Gasteiger charge is -2.27. The van der Waals surface area contributed by atoms with Gasteiger partial charge < -0.3 is 14.8 Å². The molecule has 150 valence electrons. The number of hydrogen-bond donors (Lipinski definition) is 1. The Balaban J connectivity index is 1.98. The summed E-state index contributed by atoms with van der Waals surface area (Å²) >= 11 is 0. The molecule has 0 radical (unpaired) electrons. The maximum absolute atomic E-state index is 12.7. The van der Waals surface area contributed by atoms with Crippen LogP contribution < -0.4 is 5.32 Å². The maximum Gasteiger partial charge on any atom is 0.323 e. The largest absolute Gasteiger partial charge is 0.469 e. The molecule has 0 amide bonds. The molecule has 2 rings (SSSR count). The Labute approximate surface area is 162 Å². The van der Waals surface area contributed by atoms with Crippen LogP contribution in [0, 0.1) is 5.41 Å². The van der Waals surface area contributed by atoms with Crippen molar-refractivity contribution in [3.8, 4) is 0 Å². The molecular formula is C21H32N2O4. The summed E-state index contributed by atoms with van der Waals surface area (Å²) in [7, 11) is 1.39. The summed E-state index contributed by atoms with van der Waals surface area (Å²) in [5.74, 6) is -0.561. The van der Waals surface area contributed by atoms with E-state index in [9.17, 15) is 9.59 Å². The number of nitrogens with one attached hydrogen (secondary N) is 1. The van der Waals surface area contributed by atoms with E-state index < -0.39 is 17.1 Å². The predicted molar refractivity (Wildman–Crippen MR) is 104 cm³/mol. The molecule has 1 aromatic carbocycles. The number of carbonyl (C=O) groups is 2. The van der Waals surface area contributed by atoms with Crippen LogP contribution in [-0.4, -0.2) is 55.2 Å². The third-order valence-electron chi connectivity index (χ3n) is 4.74. The van der Waals surface area contributed by atoms with E-state index in [2.05, 4.69) is 17.4 Å². The van der Waals surface area contributed by atoms with Gasteiger partial charge in [0.15, 0.2) is 0 Å². The molecule has 0 bridgehead atoms. The van der Waals surface area contributed by atoms with Gasteiger partial charge in [0.25, 0.3) is 0 Å². The smallest absolute Gasteiger partial charge is 0.323 e. The molecule has 6 nitrogen and oxygen atoms in total. The standard InChI is InChI=1S/C21H32N2O4/c1-20(2,3)27-18(24)17-13-21(4,19(25)26-5)15-23(17)12-11-22-14-16-9-7-6-8-10-16/h6-10,17,22H,11-15H2,1-5H3/t17-,21+/m1/s1. The van der Waals surface area contributed by atoms with E-state index in [-0.39, 0.29) is 11.9 Å². The van der Waals surface area contributed by atoms with E-state index in [0.717, 1.165) is 6.54 Å². The first-order valence-electron chi connectivity index (χ1n) is 9.44. The van der Waals surface area contributed by atoms with Gasteiger partial charge in [-0.2, -0.15) is 0 Å². The second kappa shape index (κ2) is 8.85. The van der Waals surface area contributed by atoms with Crippen molar-refractivity contribution in [3.05, 3.63) is 35.9 Å². The number of esters is 2. The van der Waals surface area contributed by atoms with Crippen LogP contribution in [0.1, 0.15) is 39.7 Å². The molecule has 6 heteroatoms. The lowest BCUT2D eigenvalue weighted by Crippen LogP contribution is -2.43. The molecule has 2 atom stereocenters. The van der Waals surface area contributed by atoms with Gasteiger partial charge in [-0.05, 0) is 39.7 Å². The summed E-state index contributed by atoms with van der Waals surface area (Å²) in [6, 6.07) is 9.72. The molecule has 1 aromatic rings. The van der Waals surface area contributed by atoms with E-state index >= 15 is 0 Å². The van der Waals surface area contributed by atoms with E-state index in [1.807, 2.05) is 50.8 Å². The van der Waals surface area contributed by atoms with Crippen LogP contribution >= 0.6 is 0 Å². The Morgan fingerprint density at radius 1 is 1.26 bits per heavy atom. The minimum Gasteiger partial charge on any atom is -0.469 e. The van der Waals surface area contributed by atoms with Gasteiger partial charge >= 0.3 is 11.9 Å². The van der Waals surface area contributed by atoms with Gasteiger partial charge in [0, 0.05) is 26.2 Å². The van der Waals surface area contributed by atoms with Gasteiger partial charge in [0.2, 0.25) is 0 Å². The zero-order valence-corrected chi connectivity index (χ0v) is 17.1. The highest BCUT2D eigenvalue weighted by molar-refractivity contribution is 5.82. The normalized spacial score (nSPS) is 23.2. The number of rotatable bonds is 7. The molecule has 1 fully saturated rings. The van der Waals surface area contributed by atoms with Crippen molar-refractivity contribution in [2.45, 2.75) is 52.3 Å². The van der Waals surface area contributed by atoms with Crippen molar-refractivity contribution < 1.29 is 19.1 Å². The van der Waals surface area contributed by atoms with Crippen LogP contribution in [0.5, 0.6) is 0 Å². The summed E-state index contributed by atoms with van der Waals surface area (Å²) in [6.07, 6.45) is 0.410. The average molecular weight is 376 g/mol. The van der Waals surface area contributed by atoms with Crippen LogP contribution in [0.25, 0.3) is 0 Å². The SMILES string of the molecule is COC(=O)[C@@]1(C)C[C@H](C(=O)OC(C)(C)C)N(CCNCc2ccccc2)C1. The van der Waals surface area contributed by atoms with E-state index in [1.54, 1.807) is 0 Å². The van der Waals surface area contributed by atoms with Gasteiger partial charge in [0.05, 0.1) is 12.5 Å². The molecule has 1 aliphatic heterocycles. The predicted octanol–water partition coefficient (Wildman–Crippen LogP) is 2.37. The van der Waals surface area contributed by atoms with Crippen LogP contribution in [0.3, 0.4) is 0 Å². The average Bonchev–Trinajstić information content (AvgIpc) is 2.96. The fourth-order valence-electron chi connectivity index (χ4n) is 3.46. The van der Waals surface area contributed by atoms with Crippen LogP contribution in [0.15, 0.2) is 30.3 Å². The zero-order valence-electron chi connectivity index (χ0n) is 17.1. The lowest BCUT2D eigenvalue weighted by atomic mass is 9.88. The third kappa shape index (κ3) is 6.04. The van der Waals surface area contributed by atoms with Gasteiger partial charge in [-0.3, -0.25) is 14.5 Å². The van der Waals surface area contributed by atoms with Crippen LogP contribution in [0.4, 0.5) is 0 Å². The van der Waals surface area contributed by atoms with Crippen molar-refractivity contribution >= 4 is 11.9 Å². The van der Waals surface area contributed by atoms with Gasteiger partial charge in [-0.25, -0.2) is 0 Å². The van der Waals surface area contributed by atoms with Gasteiger partial charge in [-0.15, -0.1) is 0 Å². The summed E-state index contributed by atoms with van der Waals surface area (Å²) in [5, 5.41) is 3.40. The number of benzene rings is 1. The first-order valence-corrected chi connectivity index (χ1v) is 9.44. The van der Waals surface area contributed by atoms with Crippen molar-refractivity contribution in [2.75, 3.05) is 26.7 Å². The van der Waals surface area contributed by atoms with Crippen LogP contribution in [0.2, 0.25) is 0 Å². The van der Waals surface area contributed by atoms with E-state index in [0.29, 0.717) is 26.1 Å². The Hall–Kier alpha value is -1.92. The molecule has 27 heavy (non-hydrogen) atoms. The number of ether oxygens (including phenoxy) is 2. The molecule has 1 saturated heterocycles. The fourth-order valence-corrected chi connectivity index (χ4v) is 3.46. The maximum atomic E-state index is 12.7. The third-order valence-corrected chi connectivity index (χ3v) is 4.74. The minimum absolute atomic E-state index is 0.279. The molecule has 0 aromatic heterocycles. The van der Waals surface area contributed by atoms with Crippen molar-refractivity contribution in [1.82, 2.24) is 10.2 Å². The highest BCUT2D eigenvalue weighted by atomic mass is 16.6. The van der Waals surface area contributed by atoms with E-state index in [1.165, 1.54) is 12.7 Å². The summed E-state index contributed by atoms with van der Waals surface area (Å²) in [4.78, 5) is 27.0. The number of methoxy groups -OCH3 is 1. The number of hydrogen-bond acceptors (Lipinski definition) is 6. The summed E-state index contributed by atoms with van der Waals surface area (Å²) in [5.41, 5.74) is -0.0454. The van der Waals surface area contributed by atoms with Crippen LogP contribution in [-0.2, 0) is 25.6 Å². The molecule has 1 N–H and O–H groups in total. The molecule has 1 aliphatic rings. The molecule has 1 heterocycles. The van der Waals surface area contributed by atoms with Crippen molar-refractivity contribution in [3.63, 3.8) is 0 Å².